The summed E-state index contributed by atoms with van der Waals surface area (Å²) in [6.45, 7) is 9.52. The highest BCUT2D eigenvalue weighted by molar-refractivity contribution is 5.26. The zero-order valence-corrected chi connectivity index (χ0v) is 13.5. The molecule has 0 fully saturated rings. The number of rotatable bonds is 8. The Balaban J connectivity index is 2.05. The van der Waals surface area contributed by atoms with Crippen LogP contribution in [0.1, 0.15) is 30.5 Å². The first kappa shape index (κ1) is 15.8. The van der Waals surface area contributed by atoms with Crippen molar-refractivity contribution < 1.29 is 0 Å². The van der Waals surface area contributed by atoms with Gasteiger partial charge in [0.25, 0.3) is 0 Å². The highest BCUT2D eigenvalue weighted by Crippen LogP contribution is 2.17. The summed E-state index contributed by atoms with van der Waals surface area (Å²) < 4.78 is 2.01. The average molecular weight is 285 g/mol. The molecule has 1 atom stereocenters. The standard InChI is InChI=1S/C18H27N3/c1-4-19-12-16(10-17-13-20-21(5-2)14-17)11-18-9-7-6-8-15(18)3/h6-9,13-14,16,19H,4-5,10-12H2,1-3H3. The fourth-order valence-corrected chi connectivity index (χ4v) is 2.73. The van der Waals surface area contributed by atoms with Crippen molar-refractivity contribution in [2.75, 3.05) is 13.1 Å². The van der Waals surface area contributed by atoms with E-state index in [1.54, 1.807) is 0 Å². The van der Waals surface area contributed by atoms with Crippen LogP contribution in [-0.4, -0.2) is 22.9 Å². The molecule has 1 unspecified atom stereocenters. The molecular weight excluding hydrogens is 258 g/mol. The number of hydrogen-bond acceptors (Lipinski definition) is 2. The third kappa shape index (κ3) is 4.71. The molecule has 0 spiro atoms. The second-order valence-corrected chi connectivity index (χ2v) is 5.71. The molecule has 1 aromatic carbocycles. The van der Waals surface area contributed by atoms with Crippen molar-refractivity contribution in [2.45, 2.75) is 40.2 Å². The predicted molar refractivity (Wildman–Crippen MR) is 88.5 cm³/mol. The quantitative estimate of drug-likeness (QED) is 0.807. The van der Waals surface area contributed by atoms with Gasteiger partial charge >= 0.3 is 0 Å². The van der Waals surface area contributed by atoms with Crippen LogP contribution in [0.5, 0.6) is 0 Å². The van der Waals surface area contributed by atoms with E-state index in [1.165, 1.54) is 16.7 Å². The molecule has 3 heteroatoms. The average Bonchev–Trinajstić information content (AvgIpc) is 2.94. The van der Waals surface area contributed by atoms with E-state index in [-0.39, 0.29) is 0 Å². The first-order chi connectivity index (χ1) is 10.2. The van der Waals surface area contributed by atoms with Crippen molar-refractivity contribution in [3.8, 4) is 0 Å². The van der Waals surface area contributed by atoms with Gasteiger partial charge in [-0.2, -0.15) is 5.10 Å². The maximum atomic E-state index is 4.39. The van der Waals surface area contributed by atoms with Crippen molar-refractivity contribution in [1.82, 2.24) is 15.1 Å². The van der Waals surface area contributed by atoms with Gasteiger partial charge in [0, 0.05) is 12.7 Å². The van der Waals surface area contributed by atoms with E-state index < -0.39 is 0 Å². The minimum atomic E-state index is 0.612. The van der Waals surface area contributed by atoms with E-state index in [0.29, 0.717) is 5.92 Å². The highest BCUT2D eigenvalue weighted by atomic mass is 15.3. The number of aromatic nitrogens is 2. The first-order valence-corrected chi connectivity index (χ1v) is 7.99. The smallest absolute Gasteiger partial charge is 0.0521 e. The van der Waals surface area contributed by atoms with Crippen molar-refractivity contribution in [2.24, 2.45) is 5.92 Å². The molecule has 0 saturated carbocycles. The van der Waals surface area contributed by atoms with Crippen LogP contribution in [0.25, 0.3) is 0 Å². The molecule has 2 rings (SSSR count). The third-order valence-electron chi connectivity index (χ3n) is 3.99. The molecule has 0 amide bonds. The zero-order chi connectivity index (χ0) is 15.1. The summed E-state index contributed by atoms with van der Waals surface area (Å²) in [5.74, 6) is 0.612. The monoisotopic (exact) mass is 285 g/mol. The van der Waals surface area contributed by atoms with Crippen LogP contribution in [0.3, 0.4) is 0 Å². The maximum absolute atomic E-state index is 4.39. The summed E-state index contributed by atoms with van der Waals surface area (Å²) in [5.41, 5.74) is 4.19. The molecule has 1 heterocycles. The fraction of sp³-hybridized carbons (Fsp3) is 0.500. The Hall–Kier alpha value is -1.61. The molecule has 3 nitrogen and oxygen atoms in total. The van der Waals surface area contributed by atoms with Crippen LogP contribution < -0.4 is 5.32 Å². The Kier molecular flexibility index (Phi) is 6.00. The van der Waals surface area contributed by atoms with Crippen molar-refractivity contribution >= 4 is 0 Å². The molecular formula is C18H27N3. The number of benzene rings is 1. The molecule has 0 bridgehead atoms. The zero-order valence-electron chi connectivity index (χ0n) is 13.5. The summed E-state index contributed by atoms with van der Waals surface area (Å²) in [4.78, 5) is 0. The van der Waals surface area contributed by atoms with E-state index in [9.17, 15) is 0 Å². The lowest BCUT2D eigenvalue weighted by Crippen LogP contribution is -2.25. The van der Waals surface area contributed by atoms with Gasteiger partial charge in [0.15, 0.2) is 0 Å². The van der Waals surface area contributed by atoms with Gasteiger partial charge < -0.3 is 5.32 Å². The van der Waals surface area contributed by atoms with Gasteiger partial charge in [-0.05, 0) is 62.4 Å². The number of aryl methyl sites for hydroxylation is 2. The molecule has 2 aromatic rings. The minimum Gasteiger partial charge on any atom is -0.317 e. The lowest BCUT2D eigenvalue weighted by Gasteiger charge is -2.18. The summed E-state index contributed by atoms with van der Waals surface area (Å²) in [6, 6.07) is 8.71. The van der Waals surface area contributed by atoms with Gasteiger partial charge in [-0.3, -0.25) is 4.68 Å². The molecule has 114 valence electrons. The molecule has 21 heavy (non-hydrogen) atoms. The van der Waals surface area contributed by atoms with Crippen LogP contribution in [0.2, 0.25) is 0 Å². The van der Waals surface area contributed by atoms with Gasteiger partial charge in [-0.15, -0.1) is 0 Å². The van der Waals surface area contributed by atoms with Crippen LogP contribution >= 0.6 is 0 Å². The Morgan fingerprint density at radius 2 is 2.00 bits per heavy atom. The number of nitrogens with zero attached hydrogens (tertiary/aromatic N) is 2. The molecule has 1 N–H and O–H groups in total. The van der Waals surface area contributed by atoms with Crippen LogP contribution in [0.4, 0.5) is 0 Å². The second-order valence-electron chi connectivity index (χ2n) is 5.71. The van der Waals surface area contributed by atoms with Gasteiger partial charge in [-0.1, -0.05) is 31.2 Å². The third-order valence-corrected chi connectivity index (χ3v) is 3.99. The normalized spacial score (nSPS) is 12.5. The van der Waals surface area contributed by atoms with Gasteiger partial charge in [-0.25, -0.2) is 0 Å². The Bertz CT molecular complexity index is 545. The summed E-state index contributed by atoms with van der Waals surface area (Å²) in [6.07, 6.45) is 6.40. The van der Waals surface area contributed by atoms with E-state index in [1.807, 2.05) is 10.9 Å². The Morgan fingerprint density at radius 1 is 1.19 bits per heavy atom. The molecule has 0 aliphatic carbocycles. The highest BCUT2D eigenvalue weighted by Gasteiger charge is 2.13. The van der Waals surface area contributed by atoms with E-state index >= 15 is 0 Å². The lowest BCUT2D eigenvalue weighted by molar-refractivity contribution is 0.477. The summed E-state index contributed by atoms with van der Waals surface area (Å²) in [7, 11) is 0. The fourth-order valence-electron chi connectivity index (χ4n) is 2.73. The van der Waals surface area contributed by atoms with Crippen molar-refractivity contribution in [1.29, 1.82) is 0 Å². The molecule has 1 aromatic heterocycles. The summed E-state index contributed by atoms with van der Waals surface area (Å²) in [5, 5.41) is 7.89. The SMILES string of the molecule is CCNCC(Cc1cnn(CC)c1)Cc1ccccc1C. The lowest BCUT2D eigenvalue weighted by atomic mass is 9.91. The Labute approximate surface area is 128 Å². The number of nitrogens with one attached hydrogen (secondary N) is 1. The number of hydrogen-bond donors (Lipinski definition) is 1. The van der Waals surface area contributed by atoms with Crippen molar-refractivity contribution in [3.05, 3.63) is 53.3 Å². The minimum absolute atomic E-state index is 0.612. The molecule has 0 saturated heterocycles. The first-order valence-electron chi connectivity index (χ1n) is 7.99. The van der Waals surface area contributed by atoms with Crippen LogP contribution in [0, 0.1) is 12.8 Å². The molecule has 0 aliphatic heterocycles. The van der Waals surface area contributed by atoms with Crippen LogP contribution in [-0.2, 0) is 19.4 Å². The topological polar surface area (TPSA) is 29.9 Å². The van der Waals surface area contributed by atoms with E-state index in [2.05, 4.69) is 61.6 Å². The molecule has 0 radical (unpaired) electrons. The largest absolute Gasteiger partial charge is 0.317 e. The van der Waals surface area contributed by atoms with Gasteiger partial charge in [0.2, 0.25) is 0 Å². The van der Waals surface area contributed by atoms with Crippen molar-refractivity contribution in [3.63, 3.8) is 0 Å². The van der Waals surface area contributed by atoms with Gasteiger partial charge in [0.05, 0.1) is 6.20 Å². The van der Waals surface area contributed by atoms with Crippen LogP contribution in [0.15, 0.2) is 36.7 Å². The maximum Gasteiger partial charge on any atom is 0.0521 e. The molecule has 0 aliphatic rings. The predicted octanol–water partition coefficient (Wildman–Crippen LogP) is 3.22. The second kappa shape index (κ2) is 7.99. The Morgan fingerprint density at radius 3 is 2.67 bits per heavy atom. The van der Waals surface area contributed by atoms with E-state index in [4.69, 9.17) is 0 Å². The summed E-state index contributed by atoms with van der Waals surface area (Å²) >= 11 is 0. The van der Waals surface area contributed by atoms with E-state index in [0.717, 1.165) is 32.5 Å². The van der Waals surface area contributed by atoms with Gasteiger partial charge in [0.1, 0.15) is 0 Å².